The summed E-state index contributed by atoms with van der Waals surface area (Å²) in [7, 11) is 3.52. The summed E-state index contributed by atoms with van der Waals surface area (Å²) in [6.45, 7) is 7.67. The summed E-state index contributed by atoms with van der Waals surface area (Å²) < 4.78 is 10.5. The van der Waals surface area contributed by atoms with E-state index in [-0.39, 0.29) is 12.0 Å². The van der Waals surface area contributed by atoms with Gasteiger partial charge in [-0.15, -0.1) is 0 Å². The Hall–Kier alpha value is -3.06. The predicted octanol–water partition coefficient (Wildman–Crippen LogP) is 1.85. The van der Waals surface area contributed by atoms with Crippen LogP contribution in [0, 0.1) is 0 Å². The Bertz CT molecular complexity index is 905. The van der Waals surface area contributed by atoms with Gasteiger partial charge in [0.05, 0.1) is 63.4 Å². The zero-order valence-electron chi connectivity index (χ0n) is 18.0. The highest BCUT2D eigenvalue weighted by Crippen LogP contribution is 2.29. The second kappa shape index (κ2) is 9.63. The van der Waals surface area contributed by atoms with Gasteiger partial charge in [0.25, 0.3) is 5.91 Å². The van der Waals surface area contributed by atoms with E-state index < -0.39 is 5.97 Å². The number of ether oxygens (including phenoxy) is 2. The van der Waals surface area contributed by atoms with Crippen molar-refractivity contribution in [2.24, 2.45) is 0 Å². The van der Waals surface area contributed by atoms with Gasteiger partial charge in [-0.1, -0.05) is 6.07 Å². The maximum atomic E-state index is 13.0. The first-order valence-corrected chi connectivity index (χ1v) is 10.2. The molecular weight excluding hydrogens is 382 g/mol. The van der Waals surface area contributed by atoms with Gasteiger partial charge < -0.3 is 24.6 Å². The van der Waals surface area contributed by atoms with E-state index in [0.717, 1.165) is 31.9 Å². The van der Waals surface area contributed by atoms with Gasteiger partial charge in [0, 0.05) is 5.56 Å². The van der Waals surface area contributed by atoms with Crippen molar-refractivity contribution < 1.29 is 24.0 Å². The first kappa shape index (κ1) is 21.6. The van der Waals surface area contributed by atoms with E-state index in [9.17, 15) is 9.59 Å². The molecule has 0 unspecified atom stereocenters. The maximum Gasteiger partial charge on any atom is 0.337 e. The Morgan fingerprint density at radius 3 is 2.47 bits per heavy atom. The highest BCUT2D eigenvalue weighted by atomic mass is 16.5. The minimum absolute atomic E-state index is 0.0195. The molecule has 1 aliphatic heterocycles. The van der Waals surface area contributed by atoms with Crippen LogP contribution in [0.3, 0.4) is 0 Å². The minimum Gasteiger partial charge on any atom is -0.491 e. The van der Waals surface area contributed by atoms with Crippen LogP contribution in [0.2, 0.25) is 0 Å². The van der Waals surface area contributed by atoms with Crippen LogP contribution in [0.5, 0.6) is 5.75 Å². The predicted molar refractivity (Wildman–Crippen MR) is 117 cm³/mol. The largest absolute Gasteiger partial charge is 0.491 e. The van der Waals surface area contributed by atoms with Crippen molar-refractivity contribution in [3.8, 4) is 5.75 Å². The van der Waals surface area contributed by atoms with Crippen molar-refractivity contribution >= 4 is 23.3 Å². The van der Waals surface area contributed by atoms with Crippen LogP contribution in [0.1, 0.15) is 34.6 Å². The molecule has 0 bridgehead atoms. The highest BCUT2D eigenvalue weighted by molar-refractivity contribution is 6.07. The lowest BCUT2D eigenvalue weighted by atomic mass is 10.1. The first-order valence-electron chi connectivity index (χ1n) is 10.2. The van der Waals surface area contributed by atoms with Crippen molar-refractivity contribution in [2.45, 2.75) is 20.0 Å². The Morgan fingerprint density at radius 1 is 1.07 bits per heavy atom. The fourth-order valence-corrected chi connectivity index (χ4v) is 3.46. The van der Waals surface area contributed by atoms with Crippen LogP contribution in [-0.4, -0.2) is 58.3 Å². The van der Waals surface area contributed by atoms with Gasteiger partial charge in [0.1, 0.15) is 5.75 Å². The third kappa shape index (κ3) is 5.30. The number of methoxy groups -OCH3 is 1. The number of esters is 1. The van der Waals surface area contributed by atoms with Crippen molar-refractivity contribution in [2.75, 3.05) is 50.6 Å². The number of piperazine rings is 1. The molecule has 0 saturated carbocycles. The molecule has 30 heavy (non-hydrogen) atoms. The number of nitrogens with one attached hydrogen (secondary N) is 2. The smallest absolute Gasteiger partial charge is 0.337 e. The summed E-state index contributed by atoms with van der Waals surface area (Å²) in [5.74, 6) is -0.0531. The average molecular weight is 413 g/mol. The topological polar surface area (TPSA) is 72.3 Å². The molecule has 0 atom stereocenters. The van der Waals surface area contributed by atoms with E-state index in [0.29, 0.717) is 22.6 Å². The standard InChI is InChI=1S/C23H29N3O4/c1-16(2)30-19-7-5-6-17(14-19)22(27)24-20-15-18(23(28)29-4)8-9-21(20)26-12-10-25(3)11-13-26/h5-9,14-16H,10-13H2,1-4H3,(H,24,27)/p+1. The monoisotopic (exact) mass is 412 g/mol. The molecule has 7 nitrogen and oxygen atoms in total. The van der Waals surface area contributed by atoms with E-state index in [1.807, 2.05) is 26.0 Å². The fourth-order valence-electron chi connectivity index (χ4n) is 3.46. The van der Waals surface area contributed by atoms with Crippen molar-refractivity contribution in [1.82, 2.24) is 0 Å². The van der Waals surface area contributed by atoms with Gasteiger partial charge in [0.2, 0.25) is 0 Å². The number of amides is 1. The van der Waals surface area contributed by atoms with E-state index in [4.69, 9.17) is 9.47 Å². The van der Waals surface area contributed by atoms with Gasteiger partial charge in [-0.05, 0) is 50.2 Å². The van der Waals surface area contributed by atoms with Gasteiger partial charge in [-0.3, -0.25) is 4.79 Å². The highest BCUT2D eigenvalue weighted by Gasteiger charge is 2.22. The molecule has 2 aromatic rings. The molecule has 1 saturated heterocycles. The third-order valence-corrected chi connectivity index (χ3v) is 5.09. The number of carbonyl (C=O) groups excluding carboxylic acids is 2. The summed E-state index contributed by atoms with van der Waals surface area (Å²) >= 11 is 0. The van der Waals surface area contributed by atoms with Crippen LogP contribution in [0.25, 0.3) is 0 Å². The molecule has 0 aliphatic carbocycles. The molecule has 1 amide bonds. The molecule has 2 aromatic carbocycles. The molecule has 0 radical (unpaired) electrons. The first-order chi connectivity index (χ1) is 14.4. The van der Waals surface area contributed by atoms with Gasteiger partial charge >= 0.3 is 5.97 Å². The Labute approximate surface area is 177 Å². The number of carbonyl (C=O) groups is 2. The van der Waals surface area contributed by atoms with Gasteiger partial charge in [-0.25, -0.2) is 4.79 Å². The lowest BCUT2D eigenvalue weighted by Gasteiger charge is -2.33. The SMILES string of the molecule is COC(=O)c1ccc(N2CC[NH+](C)CC2)c(NC(=O)c2cccc(OC(C)C)c2)c1. The fraction of sp³-hybridized carbons (Fsp3) is 0.391. The average Bonchev–Trinajstić information content (AvgIpc) is 2.73. The molecule has 3 rings (SSSR count). The van der Waals surface area contributed by atoms with Crippen LogP contribution >= 0.6 is 0 Å². The number of benzene rings is 2. The van der Waals surface area contributed by atoms with Crippen LogP contribution in [0.15, 0.2) is 42.5 Å². The number of quaternary nitrogens is 1. The van der Waals surface area contributed by atoms with Crippen molar-refractivity contribution in [1.29, 1.82) is 0 Å². The molecule has 1 heterocycles. The summed E-state index contributed by atoms with van der Waals surface area (Å²) in [6, 6.07) is 12.4. The van der Waals surface area contributed by atoms with Crippen molar-refractivity contribution in [3.05, 3.63) is 53.6 Å². The van der Waals surface area contributed by atoms with Crippen LogP contribution < -0.4 is 19.9 Å². The number of hydrogen-bond acceptors (Lipinski definition) is 5. The zero-order valence-corrected chi connectivity index (χ0v) is 18.0. The quantitative estimate of drug-likeness (QED) is 0.709. The number of anilines is 2. The summed E-state index contributed by atoms with van der Waals surface area (Å²) in [5, 5.41) is 2.98. The van der Waals surface area contributed by atoms with Crippen molar-refractivity contribution in [3.63, 3.8) is 0 Å². The number of rotatable bonds is 6. The third-order valence-electron chi connectivity index (χ3n) is 5.09. The lowest BCUT2D eigenvalue weighted by molar-refractivity contribution is -0.880. The van der Waals surface area contributed by atoms with Crippen LogP contribution in [-0.2, 0) is 4.74 Å². The lowest BCUT2D eigenvalue weighted by Crippen LogP contribution is -3.12. The van der Waals surface area contributed by atoms with E-state index in [1.54, 1.807) is 30.3 Å². The zero-order chi connectivity index (χ0) is 21.7. The van der Waals surface area contributed by atoms with E-state index in [2.05, 4.69) is 17.3 Å². The Kier molecular flexibility index (Phi) is 6.95. The van der Waals surface area contributed by atoms with E-state index in [1.165, 1.54) is 12.0 Å². The van der Waals surface area contributed by atoms with E-state index >= 15 is 0 Å². The normalized spacial score (nSPS) is 14.5. The number of nitrogens with zero attached hydrogens (tertiary/aromatic N) is 1. The minimum atomic E-state index is -0.438. The second-order valence-corrected chi connectivity index (χ2v) is 7.82. The molecule has 1 fully saturated rings. The number of likely N-dealkylation sites (N-methyl/N-ethyl adjacent to an activating group) is 1. The molecule has 1 aliphatic rings. The summed E-state index contributed by atoms with van der Waals surface area (Å²) in [6.07, 6.45) is 0.0195. The van der Waals surface area contributed by atoms with Gasteiger partial charge in [-0.2, -0.15) is 0 Å². The van der Waals surface area contributed by atoms with Gasteiger partial charge in [0.15, 0.2) is 0 Å². The summed E-state index contributed by atoms with van der Waals surface area (Å²) in [4.78, 5) is 28.7. The molecule has 0 spiro atoms. The molecule has 2 N–H and O–H groups in total. The maximum absolute atomic E-state index is 13.0. The molecular formula is C23H30N3O4+. The molecule has 160 valence electrons. The summed E-state index contributed by atoms with van der Waals surface area (Å²) in [5.41, 5.74) is 2.38. The molecule has 7 heteroatoms. The molecule has 0 aromatic heterocycles. The Morgan fingerprint density at radius 2 is 1.80 bits per heavy atom. The van der Waals surface area contributed by atoms with Crippen LogP contribution in [0.4, 0.5) is 11.4 Å². The second-order valence-electron chi connectivity index (χ2n) is 7.82. The Balaban J connectivity index is 1.88. The number of hydrogen-bond donors (Lipinski definition) is 2.